The topological polar surface area (TPSA) is 72.0 Å². The quantitative estimate of drug-likeness (QED) is 0.850. The molecule has 0 aliphatic heterocycles. The zero-order chi connectivity index (χ0) is 17.8. The van der Waals surface area contributed by atoms with Gasteiger partial charge in [0, 0.05) is 29.4 Å². The van der Waals surface area contributed by atoms with Gasteiger partial charge in [0.05, 0.1) is 6.04 Å². The number of nitrogens with zero attached hydrogens (tertiary/aromatic N) is 2. The van der Waals surface area contributed by atoms with Crippen LogP contribution in [0.1, 0.15) is 50.4 Å². The SMILES string of the molecule is CC(C)CC(=O)C(=O)N[C@H]1CCCc2nc(-c3ccccc3)ncc21. The molecule has 0 radical (unpaired) electrons. The third kappa shape index (κ3) is 4.10. The minimum absolute atomic E-state index is 0.175. The molecule has 0 fully saturated rings. The lowest BCUT2D eigenvalue weighted by Gasteiger charge is -2.25. The Bertz CT molecular complexity index is 772. The standard InChI is InChI=1S/C20H23N3O2/c1-13(2)11-18(24)20(25)23-17-10-6-9-16-15(17)12-21-19(22-16)14-7-4-3-5-8-14/h3-5,7-8,12-13,17H,6,9-11H2,1-2H3,(H,23,25)/t17-/m0/s1. The summed E-state index contributed by atoms with van der Waals surface area (Å²) in [4.78, 5) is 33.2. The second-order valence-electron chi connectivity index (χ2n) is 6.90. The average Bonchev–Trinajstić information content (AvgIpc) is 2.61. The Balaban J connectivity index is 1.78. The van der Waals surface area contributed by atoms with Gasteiger partial charge in [-0.3, -0.25) is 9.59 Å². The Labute approximate surface area is 147 Å². The van der Waals surface area contributed by atoms with Gasteiger partial charge in [0.1, 0.15) is 0 Å². The number of ketones is 1. The Morgan fingerprint density at radius 3 is 2.72 bits per heavy atom. The number of hydrogen-bond acceptors (Lipinski definition) is 4. The summed E-state index contributed by atoms with van der Waals surface area (Å²) < 4.78 is 0. The molecule has 2 aromatic rings. The molecule has 0 saturated heterocycles. The minimum atomic E-state index is -0.501. The van der Waals surface area contributed by atoms with E-state index in [0.29, 0.717) is 5.82 Å². The van der Waals surface area contributed by atoms with Gasteiger partial charge in [-0.25, -0.2) is 9.97 Å². The van der Waals surface area contributed by atoms with E-state index in [1.165, 1.54) is 0 Å². The van der Waals surface area contributed by atoms with Crippen molar-refractivity contribution in [1.82, 2.24) is 15.3 Å². The molecule has 1 N–H and O–H groups in total. The van der Waals surface area contributed by atoms with E-state index in [4.69, 9.17) is 0 Å². The highest BCUT2D eigenvalue weighted by Crippen LogP contribution is 2.29. The maximum atomic E-state index is 12.1. The molecule has 0 saturated carbocycles. The normalized spacial score (nSPS) is 16.4. The zero-order valence-corrected chi connectivity index (χ0v) is 14.7. The first-order chi connectivity index (χ1) is 12.0. The smallest absolute Gasteiger partial charge is 0.287 e. The number of aromatic nitrogens is 2. The summed E-state index contributed by atoms with van der Waals surface area (Å²) in [7, 11) is 0. The van der Waals surface area contributed by atoms with Crippen molar-refractivity contribution >= 4 is 11.7 Å². The molecule has 0 unspecified atom stereocenters. The summed E-state index contributed by atoms with van der Waals surface area (Å²) in [5, 5.41) is 2.87. The first-order valence-corrected chi connectivity index (χ1v) is 8.79. The molecular weight excluding hydrogens is 314 g/mol. The minimum Gasteiger partial charge on any atom is -0.343 e. The molecule has 1 atom stereocenters. The molecule has 1 amide bonds. The molecule has 3 rings (SSSR count). The molecule has 1 heterocycles. The predicted molar refractivity (Wildman–Crippen MR) is 95.8 cm³/mol. The van der Waals surface area contributed by atoms with Crippen LogP contribution in [-0.2, 0) is 16.0 Å². The van der Waals surface area contributed by atoms with E-state index < -0.39 is 5.91 Å². The molecule has 5 heteroatoms. The van der Waals surface area contributed by atoms with Crippen LogP contribution in [0.3, 0.4) is 0 Å². The fourth-order valence-corrected chi connectivity index (χ4v) is 3.13. The van der Waals surface area contributed by atoms with E-state index in [2.05, 4.69) is 15.3 Å². The molecule has 0 spiro atoms. The van der Waals surface area contributed by atoms with E-state index in [0.717, 1.165) is 36.1 Å². The molecule has 1 aromatic carbocycles. The fraction of sp³-hybridized carbons (Fsp3) is 0.400. The summed E-state index contributed by atoms with van der Waals surface area (Å²) in [6, 6.07) is 9.66. The highest BCUT2D eigenvalue weighted by atomic mass is 16.2. The van der Waals surface area contributed by atoms with Crippen LogP contribution < -0.4 is 5.32 Å². The van der Waals surface area contributed by atoms with Crippen molar-refractivity contribution in [2.75, 3.05) is 0 Å². The molecular formula is C20H23N3O2. The van der Waals surface area contributed by atoms with Crippen molar-refractivity contribution in [3.8, 4) is 11.4 Å². The van der Waals surface area contributed by atoms with Crippen LogP contribution in [0.4, 0.5) is 0 Å². The van der Waals surface area contributed by atoms with Crippen molar-refractivity contribution < 1.29 is 9.59 Å². The summed E-state index contributed by atoms with van der Waals surface area (Å²) in [5.74, 6) is 0.0125. The lowest BCUT2D eigenvalue weighted by atomic mass is 9.92. The van der Waals surface area contributed by atoms with Gasteiger partial charge in [-0.15, -0.1) is 0 Å². The van der Waals surface area contributed by atoms with Gasteiger partial charge in [-0.1, -0.05) is 44.2 Å². The van der Waals surface area contributed by atoms with Crippen LogP contribution in [0.5, 0.6) is 0 Å². The van der Waals surface area contributed by atoms with Crippen molar-refractivity contribution in [3.63, 3.8) is 0 Å². The van der Waals surface area contributed by atoms with Gasteiger partial charge >= 0.3 is 0 Å². The van der Waals surface area contributed by atoms with Crippen LogP contribution in [0.15, 0.2) is 36.5 Å². The Kier molecular flexibility index (Phi) is 5.22. The Morgan fingerprint density at radius 1 is 1.24 bits per heavy atom. The summed E-state index contributed by atoms with van der Waals surface area (Å²) in [6.07, 6.45) is 4.67. The largest absolute Gasteiger partial charge is 0.343 e. The van der Waals surface area contributed by atoms with Crippen LogP contribution in [0.25, 0.3) is 11.4 Å². The molecule has 130 valence electrons. The van der Waals surface area contributed by atoms with Crippen molar-refractivity contribution in [1.29, 1.82) is 0 Å². The molecule has 25 heavy (non-hydrogen) atoms. The number of fused-ring (bicyclic) bond motifs is 1. The number of hydrogen-bond donors (Lipinski definition) is 1. The van der Waals surface area contributed by atoms with E-state index >= 15 is 0 Å². The lowest BCUT2D eigenvalue weighted by Crippen LogP contribution is -2.36. The second-order valence-corrected chi connectivity index (χ2v) is 6.90. The summed E-state index contributed by atoms with van der Waals surface area (Å²) >= 11 is 0. The highest BCUT2D eigenvalue weighted by molar-refractivity contribution is 6.36. The fourth-order valence-electron chi connectivity index (χ4n) is 3.13. The number of aryl methyl sites for hydroxylation is 1. The number of amides is 1. The maximum absolute atomic E-state index is 12.1. The van der Waals surface area contributed by atoms with E-state index in [1.54, 1.807) is 6.20 Å². The molecule has 5 nitrogen and oxygen atoms in total. The monoisotopic (exact) mass is 337 g/mol. The number of carbonyl (C=O) groups is 2. The molecule has 1 aliphatic carbocycles. The van der Waals surface area contributed by atoms with Gasteiger partial charge < -0.3 is 5.32 Å². The summed E-state index contributed by atoms with van der Waals surface area (Å²) in [5.41, 5.74) is 2.86. The van der Waals surface area contributed by atoms with Gasteiger partial charge in [-0.2, -0.15) is 0 Å². The number of Topliss-reactive ketones (excluding diaryl/α,β-unsaturated/α-hetero) is 1. The molecule has 1 aliphatic rings. The number of rotatable bonds is 5. The van der Waals surface area contributed by atoms with Crippen LogP contribution in [-0.4, -0.2) is 21.7 Å². The van der Waals surface area contributed by atoms with Crippen LogP contribution >= 0.6 is 0 Å². The highest BCUT2D eigenvalue weighted by Gasteiger charge is 2.26. The van der Waals surface area contributed by atoms with Crippen molar-refractivity contribution in [2.24, 2.45) is 5.92 Å². The van der Waals surface area contributed by atoms with Gasteiger partial charge in [0.25, 0.3) is 5.91 Å². The first-order valence-electron chi connectivity index (χ1n) is 8.79. The first kappa shape index (κ1) is 17.3. The van der Waals surface area contributed by atoms with E-state index in [-0.39, 0.29) is 24.2 Å². The summed E-state index contributed by atoms with van der Waals surface area (Å²) in [6.45, 7) is 3.86. The van der Waals surface area contributed by atoms with E-state index in [9.17, 15) is 9.59 Å². The number of carbonyl (C=O) groups excluding carboxylic acids is 2. The average molecular weight is 337 g/mol. The maximum Gasteiger partial charge on any atom is 0.287 e. The number of nitrogens with one attached hydrogen (secondary N) is 1. The molecule has 0 bridgehead atoms. The van der Waals surface area contributed by atoms with Gasteiger partial charge in [0.15, 0.2) is 5.82 Å². The molecule has 1 aromatic heterocycles. The zero-order valence-electron chi connectivity index (χ0n) is 14.7. The van der Waals surface area contributed by atoms with E-state index in [1.807, 2.05) is 44.2 Å². The van der Waals surface area contributed by atoms with Crippen molar-refractivity contribution in [3.05, 3.63) is 47.8 Å². The Hall–Kier alpha value is -2.56. The second kappa shape index (κ2) is 7.55. The third-order valence-corrected chi connectivity index (χ3v) is 4.37. The van der Waals surface area contributed by atoms with Gasteiger partial charge in [0.2, 0.25) is 5.78 Å². The lowest BCUT2D eigenvalue weighted by molar-refractivity contribution is -0.138. The number of benzene rings is 1. The Morgan fingerprint density at radius 2 is 2.00 bits per heavy atom. The van der Waals surface area contributed by atoms with Crippen molar-refractivity contribution in [2.45, 2.75) is 45.6 Å². The van der Waals surface area contributed by atoms with Crippen LogP contribution in [0.2, 0.25) is 0 Å². The predicted octanol–water partition coefficient (Wildman–Crippen LogP) is 3.25. The van der Waals surface area contributed by atoms with Gasteiger partial charge in [-0.05, 0) is 25.2 Å². The third-order valence-electron chi connectivity index (χ3n) is 4.37. The van der Waals surface area contributed by atoms with Crippen LogP contribution in [0, 0.1) is 5.92 Å².